The Hall–Kier alpha value is -3.20. The lowest BCUT2D eigenvalue weighted by Crippen LogP contribution is -2.22. The lowest BCUT2D eigenvalue weighted by atomic mass is 10.1. The molecule has 0 unspecified atom stereocenters. The molecule has 0 spiro atoms. The molecule has 0 aliphatic heterocycles. The number of benzene rings is 2. The van der Waals surface area contributed by atoms with Crippen molar-refractivity contribution in [1.29, 1.82) is 0 Å². The normalized spacial score (nSPS) is 10.2. The third kappa shape index (κ3) is 3.76. The van der Waals surface area contributed by atoms with Gasteiger partial charge in [0.05, 0.1) is 0 Å². The van der Waals surface area contributed by atoms with Crippen LogP contribution in [-0.2, 0) is 6.54 Å². The first-order valence-electron chi connectivity index (χ1n) is 7.76. The molecule has 2 aromatic carbocycles. The first kappa shape index (κ1) is 15.7. The molecular weight excluding hydrogens is 296 g/mol. The molecule has 3 aromatic rings. The van der Waals surface area contributed by atoms with Crippen LogP contribution in [0.3, 0.4) is 0 Å². The molecule has 118 valence electrons. The zero-order chi connectivity index (χ0) is 16.8. The quantitative estimate of drug-likeness (QED) is 0.762. The minimum absolute atomic E-state index is 0.0815. The Bertz CT molecular complexity index is 822. The van der Waals surface area contributed by atoms with Crippen molar-refractivity contribution in [3.63, 3.8) is 0 Å². The summed E-state index contributed by atoms with van der Waals surface area (Å²) in [6.45, 7) is 4.20. The summed E-state index contributed by atoms with van der Waals surface area (Å²) in [5.41, 5.74) is 4.89. The Morgan fingerprint density at radius 3 is 2.38 bits per heavy atom. The number of carbonyl (C=O) groups excluding carboxylic acids is 1. The third-order valence-electron chi connectivity index (χ3n) is 3.81. The van der Waals surface area contributed by atoms with Crippen LogP contribution in [0.25, 0.3) is 17.2 Å². The Labute approximate surface area is 141 Å². The maximum absolute atomic E-state index is 12.2. The molecule has 0 aliphatic rings. The number of rotatable bonds is 5. The van der Waals surface area contributed by atoms with Crippen molar-refractivity contribution >= 4 is 12.0 Å². The van der Waals surface area contributed by atoms with Gasteiger partial charge in [0.1, 0.15) is 0 Å². The molecule has 0 aliphatic carbocycles. The zero-order valence-corrected chi connectivity index (χ0v) is 13.3. The van der Waals surface area contributed by atoms with E-state index in [2.05, 4.69) is 16.9 Å². The molecule has 0 bridgehead atoms. The average molecular weight is 314 g/mol. The van der Waals surface area contributed by atoms with E-state index in [1.54, 1.807) is 24.4 Å². The van der Waals surface area contributed by atoms with Crippen molar-refractivity contribution in [2.45, 2.75) is 6.54 Å². The fourth-order valence-electron chi connectivity index (χ4n) is 2.40. The fraction of sp³-hybridized carbons (Fsp3) is 0.0476. The van der Waals surface area contributed by atoms with Crippen LogP contribution in [0.5, 0.6) is 0 Å². The number of hydrogen-bond donors (Lipinski definition) is 1. The lowest BCUT2D eigenvalue weighted by Gasteiger charge is -2.07. The molecule has 0 saturated heterocycles. The van der Waals surface area contributed by atoms with E-state index in [9.17, 15) is 4.79 Å². The summed E-state index contributed by atoms with van der Waals surface area (Å²) in [4.78, 5) is 16.3. The molecule has 24 heavy (non-hydrogen) atoms. The van der Waals surface area contributed by atoms with E-state index in [4.69, 9.17) is 0 Å². The number of nitrogens with zero attached hydrogens (tertiary/aromatic N) is 1. The molecule has 1 amide bonds. The van der Waals surface area contributed by atoms with Gasteiger partial charge in [-0.25, -0.2) is 0 Å². The summed E-state index contributed by atoms with van der Waals surface area (Å²) in [6.07, 6.45) is 5.35. The van der Waals surface area contributed by atoms with Gasteiger partial charge in [-0.3, -0.25) is 9.78 Å². The van der Waals surface area contributed by atoms with E-state index >= 15 is 0 Å². The molecule has 3 heteroatoms. The zero-order valence-electron chi connectivity index (χ0n) is 13.3. The van der Waals surface area contributed by atoms with Crippen LogP contribution in [0, 0.1) is 0 Å². The third-order valence-corrected chi connectivity index (χ3v) is 3.81. The maximum Gasteiger partial charge on any atom is 0.251 e. The standard InChI is InChI=1S/C21H18N2O/c1-2-16-5-11-19(12-6-16)21(24)23-14-17-7-9-18(10-8-17)20-4-3-13-22-15-20/h2-13,15H,1,14H2,(H,23,24). The maximum atomic E-state index is 12.2. The summed E-state index contributed by atoms with van der Waals surface area (Å²) in [5, 5.41) is 2.93. The van der Waals surface area contributed by atoms with Crippen LogP contribution in [0.2, 0.25) is 0 Å². The van der Waals surface area contributed by atoms with Crippen LogP contribution >= 0.6 is 0 Å². The molecular formula is C21H18N2O. The molecule has 0 atom stereocenters. The molecule has 3 nitrogen and oxygen atoms in total. The monoisotopic (exact) mass is 314 g/mol. The first-order chi connectivity index (χ1) is 11.8. The molecule has 1 heterocycles. The molecule has 3 rings (SSSR count). The Balaban J connectivity index is 1.62. The highest BCUT2D eigenvalue weighted by atomic mass is 16.1. The minimum Gasteiger partial charge on any atom is -0.348 e. The summed E-state index contributed by atoms with van der Waals surface area (Å²) < 4.78 is 0. The number of nitrogens with one attached hydrogen (secondary N) is 1. The van der Waals surface area contributed by atoms with E-state index in [1.807, 2.05) is 54.7 Å². The number of pyridine rings is 1. The highest BCUT2D eigenvalue weighted by molar-refractivity contribution is 5.94. The predicted molar refractivity (Wildman–Crippen MR) is 97.4 cm³/mol. The topological polar surface area (TPSA) is 42.0 Å². The second-order valence-corrected chi connectivity index (χ2v) is 5.45. The first-order valence-corrected chi connectivity index (χ1v) is 7.76. The van der Waals surface area contributed by atoms with Gasteiger partial charge in [-0.2, -0.15) is 0 Å². The Morgan fingerprint density at radius 1 is 1.00 bits per heavy atom. The predicted octanol–water partition coefficient (Wildman–Crippen LogP) is 4.32. The smallest absolute Gasteiger partial charge is 0.251 e. The molecule has 0 radical (unpaired) electrons. The second-order valence-electron chi connectivity index (χ2n) is 5.45. The fourth-order valence-corrected chi connectivity index (χ4v) is 2.40. The van der Waals surface area contributed by atoms with Gasteiger partial charge in [0.15, 0.2) is 0 Å². The van der Waals surface area contributed by atoms with Crippen LogP contribution in [-0.4, -0.2) is 10.9 Å². The van der Waals surface area contributed by atoms with E-state index in [0.29, 0.717) is 12.1 Å². The van der Waals surface area contributed by atoms with Gasteiger partial charge >= 0.3 is 0 Å². The number of carbonyl (C=O) groups is 1. The molecule has 0 fully saturated rings. The summed E-state index contributed by atoms with van der Waals surface area (Å²) >= 11 is 0. The van der Waals surface area contributed by atoms with Crippen LogP contribution in [0.1, 0.15) is 21.5 Å². The summed E-state index contributed by atoms with van der Waals surface area (Å²) in [5.74, 6) is -0.0815. The minimum atomic E-state index is -0.0815. The second kappa shape index (κ2) is 7.38. The summed E-state index contributed by atoms with van der Waals surface area (Å²) in [7, 11) is 0. The van der Waals surface area contributed by atoms with Crippen LogP contribution in [0.15, 0.2) is 79.6 Å². The van der Waals surface area contributed by atoms with Crippen molar-refractivity contribution < 1.29 is 4.79 Å². The van der Waals surface area contributed by atoms with Crippen molar-refractivity contribution in [2.24, 2.45) is 0 Å². The van der Waals surface area contributed by atoms with Gasteiger partial charge in [0.25, 0.3) is 5.91 Å². The van der Waals surface area contributed by atoms with Crippen molar-refractivity contribution in [2.75, 3.05) is 0 Å². The highest BCUT2D eigenvalue weighted by Crippen LogP contribution is 2.18. The SMILES string of the molecule is C=Cc1ccc(C(=O)NCc2ccc(-c3cccnc3)cc2)cc1. The van der Waals surface area contributed by atoms with Gasteiger partial charge in [-0.1, -0.05) is 55.1 Å². The van der Waals surface area contributed by atoms with Gasteiger partial charge in [0, 0.05) is 24.5 Å². The number of aromatic nitrogens is 1. The van der Waals surface area contributed by atoms with Crippen LogP contribution < -0.4 is 5.32 Å². The summed E-state index contributed by atoms with van der Waals surface area (Å²) in [6, 6.07) is 19.4. The Kier molecular flexibility index (Phi) is 4.82. The lowest BCUT2D eigenvalue weighted by molar-refractivity contribution is 0.0951. The number of hydrogen-bond acceptors (Lipinski definition) is 2. The molecule has 1 aromatic heterocycles. The van der Waals surface area contributed by atoms with Gasteiger partial charge in [-0.15, -0.1) is 0 Å². The van der Waals surface area contributed by atoms with E-state index < -0.39 is 0 Å². The van der Waals surface area contributed by atoms with E-state index in [0.717, 1.165) is 22.3 Å². The van der Waals surface area contributed by atoms with Crippen molar-refractivity contribution in [1.82, 2.24) is 10.3 Å². The van der Waals surface area contributed by atoms with Gasteiger partial charge < -0.3 is 5.32 Å². The number of amides is 1. The highest BCUT2D eigenvalue weighted by Gasteiger charge is 2.05. The van der Waals surface area contributed by atoms with Gasteiger partial charge in [0.2, 0.25) is 0 Å². The van der Waals surface area contributed by atoms with E-state index in [1.165, 1.54) is 0 Å². The van der Waals surface area contributed by atoms with Crippen molar-refractivity contribution in [3.8, 4) is 11.1 Å². The largest absolute Gasteiger partial charge is 0.348 e. The Morgan fingerprint density at radius 2 is 1.75 bits per heavy atom. The molecule has 0 saturated carbocycles. The van der Waals surface area contributed by atoms with Crippen LogP contribution in [0.4, 0.5) is 0 Å². The van der Waals surface area contributed by atoms with Gasteiger partial charge in [-0.05, 0) is 40.5 Å². The van der Waals surface area contributed by atoms with E-state index in [-0.39, 0.29) is 5.91 Å². The van der Waals surface area contributed by atoms with Crippen molar-refractivity contribution in [3.05, 3.63) is 96.3 Å². The average Bonchev–Trinajstić information content (AvgIpc) is 2.67. The molecule has 1 N–H and O–H groups in total.